The zero-order valence-electron chi connectivity index (χ0n) is 22.3. The van der Waals surface area contributed by atoms with Crippen LogP contribution in [0.2, 0.25) is 5.02 Å². The van der Waals surface area contributed by atoms with Crippen LogP contribution in [-0.4, -0.2) is 41.9 Å². The Labute approximate surface area is 238 Å². The minimum atomic E-state index is -0.871. The van der Waals surface area contributed by atoms with E-state index < -0.39 is 12.0 Å². The van der Waals surface area contributed by atoms with Gasteiger partial charge in [-0.3, -0.25) is 14.2 Å². The van der Waals surface area contributed by atoms with Gasteiger partial charge in [0.05, 0.1) is 36.6 Å². The summed E-state index contributed by atoms with van der Waals surface area (Å²) in [6, 6.07) is 11.8. The van der Waals surface area contributed by atoms with E-state index >= 15 is 0 Å². The Morgan fingerprint density at radius 2 is 1.95 bits per heavy atom. The molecule has 0 aliphatic carbocycles. The maximum absolute atomic E-state index is 14.0. The number of para-hydroxylation sites is 1. The summed E-state index contributed by atoms with van der Waals surface area (Å²) >= 11 is 7.55. The molecule has 0 radical (unpaired) electrons. The van der Waals surface area contributed by atoms with Crippen molar-refractivity contribution in [1.29, 1.82) is 0 Å². The number of carbonyl (C=O) groups is 2. The summed E-state index contributed by atoms with van der Waals surface area (Å²) in [5, 5.41) is 1.29. The number of hydrogen-bond donors (Lipinski definition) is 0. The van der Waals surface area contributed by atoms with Gasteiger partial charge in [-0.15, -0.1) is 0 Å². The van der Waals surface area contributed by atoms with Crippen molar-refractivity contribution in [3.05, 3.63) is 95.8 Å². The second-order valence-electron chi connectivity index (χ2n) is 8.99. The molecule has 40 heavy (non-hydrogen) atoms. The van der Waals surface area contributed by atoms with Crippen molar-refractivity contribution in [3.63, 3.8) is 0 Å². The van der Waals surface area contributed by atoms with Crippen molar-refractivity contribution in [2.75, 3.05) is 20.8 Å². The number of methoxy groups -OCH3 is 2. The molecule has 2 aromatic heterocycles. The fourth-order valence-corrected chi connectivity index (χ4v) is 6.13. The van der Waals surface area contributed by atoms with Crippen LogP contribution in [0.3, 0.4) is 0 Å². The molecule has 0 bridgehead atoms. The van der Waals surface area contributed by atoms with Crippen molar-refractivity contribution in [1.82, 2.24) is 9.13 Å². The molecule has 1 aliphatic heterocycles. The second kappa shape index (κ2) is 11.1. The van der Waals surface area contributed by atoms with E-state index in [1.807, 2.05) is 30.5 Å². The topological polar surface area (TPSA) is 101 Å². The third-order valence-electron chi connectivity index (χ3n) is 6.62. The largest absolute Gasteiger partial charge is 0.496 e. The number of rotatable bonds is 7. The number of thiazole rings is 1. The number of benzene rings is 2. The summed E-state index contributed by atoms with van der Waals surface area (Å²) in [6.45, 7) is 3.80. The van der Waals surface area contributed by atoms with Gasteiger partial charge in [-0.2, -0.15) is 0 Å². The predicted molar refractivity (Wildman–Crippen MR) is 152 cm³/mol. The first-order valence-electron chi connectivity index (χ1n) is 12.4. The maximum atomic E-state index is 14.0. The van der Waals surface area contributed by atoms with E-state index in [9.17, 15) is 14.4 Å². The van der Waals surface area contributed by atoms with Crippen LogP contribution < -0.4 is 19.6 Å². The van der Waals surface area contributed by atoms with E-state index in [0.717, 1.165) is 16.5 Å². The van der Waals surface area contributed by atoms with E-state index in [-0.39, 0.29) is 30.3 Å². The molecule has 11 heteroatoms. The second-order valence-corrected chi connectivity index (χ2v) is 10.4. The smallest absolute Gasteiger partial charge is 0.338 e. The number of nitrogens with zero attached hydrogens (tertiary/aromatic N) is 3. The quantitative estimate of drug-likeness (QED) is 0.310. The van der Waals surface area contributed by atoms with Crippen LogP contribution >= 0.6 is 22.9 Å². The van der Waals surface area contributed by atoms with Gasteiger partial charge in [0.15, 0.2) is 4.80 Å². The molecule has 0 unspecified atom stereocenters. The highest BCUT2D eigenvalue weighted by molar-refractivity contribution is 7.07. The van der Waals surface area contributed by atoms with Crippen molar-refractivity contribution < 1.29 is 23.8 Å². The molecule has 9 nitrogen and oxygen atoms in total. The van der Waals surface area contributed by atoms with Gasteiger partial charge in [0.25, 0.3) is 5.56 Å². The molecule has 0 N–H and O–H groups in total. The lowest BCUT2D eigenvalue weighted by Gasteiger charge is -2.25. The molecule has 0 fully saturated rings. The molecule has 0 amide bonds. The summed E-state index contributed by atoms with van der Waals surface area (Å²) in [6.07, 6.45) is 3.60. The number of halogens is 1. The zero-order chi connectivity index (χ0) is 28.6. The van der Waals surface area contributed by atoms with Crippen LogP contribution in [-0.2, 0) is 25.6 Å². The van der Waals surface area contributed by atoms with Gasteiger partial charge in [0.1, 0.15) is 18.3 Å². The van der Waals surface area contributed by atoms with E-state index in [2.05, 4.69) is 4.99 Å². The lowest BCUT2D eigenvalue weighted by atomic mass is 9.95. The molecule has 5 rings (SSSR count). The number of hydrogen-bond acceptors (Lipinski definition) is 8. The van der Waals surface area contributed by atoms with E-state index in [1.165, 1.54) is 30.1 Å². The highest BCUT2D eigenvalue weighted by Gasteiger charge is 2.35. The highest BCUT2D eigenvalue weighted by Crippen LogP contribution is 2.37. The molecule has 0 saturated carbocycles. The predicted octanol–water partition coefficient (Wildman–Crippen LogP) is 3.59. The van der Waals surface area contributed by atoms with Gasteiger partial charge in [-0.1, -0.05) is 41.1 Å². The van der Waals surface area contributed by atoms with Gasteiger partial charge in [-0.25, -0.2) is 9.79 Å². The zero-order valence-corrected chi connectivity index (χ0v) is 23.8. The fraction of sp³-hybridized carbons (Fsp3) is 0.241. The van der Waals surface area contributed by atoms with Crippen LogP contribution in [0.5, 0.6) is 5.75 Å². The van der Waals surface area contributed by atoms with Gasteiger partial charge < -0.3 is 18.8 Å². The first-order valence-corrected chi connectivity index (χ1v) is 13.6. The number of carbonyl (C=O) groups excluding carboxylic acids is 2. The Balaban J connectivity index is 1.73. The number of fused-ring (bicyclic) bond motifs is 2. The molecular weight excluding hydrogens is 554 g/mol. The van der Waals surface area contributed by atoms with Crippen LogP contribution in [0.1, 0.15) is 31.0 Å². The summed E-state index contributed by atoms with van der Waals surface area (Å²) in [4.78, 5) is 44.2. The number of esters is 2. The van der Waals surface area contributed by atoms with E-state index in [0.29, 0.717) is 31.4 Å². The molecule has 1 atom stereocenters. The first-order chi connectivity index (χ1) is 19.3. The molecule has 206 valence electrons. The summed E-state index contributed by atoms with van der Waals surface area (Å²) < 4.78 is 19.5. The Hall–Kier alpha value is -4.15. The third kappa shape index (κ3) is 4.84. The Morgan fingerprint density at radius 3 is 2.67 bits per heavy atom. The molecule has 1 aliphatic rings. The lowest BCUT2D eigenvalue weighted by molar-refractivity contribution is -0.143. The van der Waals surface area contributed by atoms with Crippen LogP contribution in [0.4, 0.5) is 0 Å². The number of aromatic nitrogens is 2. The van der Waals surface area contributed by atoms with Gasteiger partial charge in [-0.05, 0) is 44.2 Å². The van der Waals surface area contributed by atoms with Gasteiger partial charge in [0, 0.05) is 33.2 Å². The van der Waals surface area contributed by atoms with Crippen LogP contribution in [0, 0.1) is 0 Å². The third-order valence-corrected chi connectivity index (χ3v) is 7.84. The average Bonchev–Trinajstić information content (AvgIpc) is 3.44. The number of ether oxygens (including phenoxy) is 3. The van der Waals surface area contributed by atoms with Gasteiger partial charge in [0.2, 0.25) is 0 Å². The molecule has 4 aromatic rings. The molecule has 2 aromatic carbocycles. The molecule has 0 saturated heterocycles. The summed E-state index contributed by atoms with van der Waals surface area (Å²) in [5.41, 5.74) is 2.42. The standard InChI is InChI=1S/C29H26ClN3O6S/c1-5-39-24(34)15-32-14-17(19-8-6-7-9-21(19)32)12-23-27(35)33-26(20-13-18(30)10-11-22(20)37-3)25(28(36)38-4)16(2)31-29(33)40-23/h6-14,26H,5,15H2,1-4H3/b23-12-/t26-/m1/s1. The summed E-state index contributed by atoms with van der Waals surface area (Å²) in [5.74, 6) is -0.498. The minimum absolute atomic E-state index is 0.0414. The Bertz CT molecular complexity index is 1870. The fourth-order valence-electron chi connectivity index (χ4n) is 4.91. The number of allylic oxidation sites excluding steroid dienone is 1. The molecule has 0 spiro atoms. The lowest BCUT2D eigenvalue weighted by Crippen LogP contribution is -2.40. The maximum Gasteiger partial charge on any atom is 0.338 e. The Kier molecular flexibility index (Phi) is 7.64. The van der Waals surface area contributed by atoms with E-state index in [1.54, 1.807) is 42.7 Å². The van der Waals surface area contributed by atoms with Gasteiger partial charge >= 0.3 is 11.9 Å². The highest BCUT2D eigenvalue weighted by atomic mass is 35.5. The molecule has 3 heterocycles. The van der Waals surface area contributed by atoms with Crippen molar-refractivity contribution >= 4 is 51.9 Å². The monoisotopic (exact) mass is 579 g/mol. The van der Waals surface area contributed by atoms with Crippen molar-refractivity contribution in [2.45, 2.75) is 26.4 Å². The molecular formula is C29H26ClN3O6S. The summed E-state index contributed by atoms with van der Waals surface area (Å²) in [7, 11) is 2.79. The normalized spacial score (nSPS) is 15.1. The SMILES string of the molecule is CCOC(=O)Cn1cc(/C=c2\sc3n(c2=O)[C@H](c2cc(Cl)ccc2OC)C(C(=O)OC)=C(C)N=3)c2ccccc21. The average molecular weight is 580 g/mol. The minimum Gasteiger partial charge on any atom is -0.496 e. The Morgan fingerprint density at radius 1 is 1.18 bits per heavy atom. The van der Waals surface area contributed by atoms with Crippen molar-refractivity contribution in [2.24, 2.45) is 4.99 Å². The van der Waals surface area contributed by atoms with Crippen LogP contribution in [0.15, 0.2) is 69.7 Å². The first kappa shape index (κ1) is 27.4. The van der Waals surface area contributed by atoms with Crippen LogP contribution in [0.25, 0.3) is 17.0 Å². The van der Waals surface area contributed by atoms with Crippen molar-refractivity contribution in [3.8, 4) is 5.75 Å². The van der Waals surface area contributed by atoms with E-state index in [4.69, 9.17) is 25.8 Å².